The van der Waals surface area contributed by atoms with Crippen LogP contribution >= 0.6 is 23.5 Å². The van der Waals surface area contributed by atoms with Crippen molar-refractivity contribution in [3.63, 3.8) is 0 Å². The molecule has 2 heterocycles. The van der Waals surface area contributed by atoms with Crippen LogP contribution in [0.5, 0.6) is 0 Å². The number of rotatable bonds is 27. The minimum atomic E-state index is -0.979. The molecule has 0 spiro atoms. The molecule has 2 aliphatic rings. The van der Waals surface area contributed by atoms with E-state index in [1.165, 1.54) is 39.2 Å². The van der Waals surface area contributed by atoms with Crippen molar-refractivity contribution in [1.82, 2.24) is 20.4 Å². The summed E-state index contributed by atoms with van der Waals surface area (Å²) in [5, 5.41) is 3.46. The van der Waals surface area contributed by atoms with Gasteiger partial charge in [-0.25, -0.2) is 19.2 Å². The lowest BCUT2D eigenvalue weighted by Gasteiger charge is -2.33. The Kier molecular flexibility index (Phi) is 22.2. The maximum absolute atomic E-state index is 13.2. The van der Waals surface area contributed by atoms with Gasteiger partial charge in [-0.15, -0.1) is 23.5 Å². The molecule has 2 saturated heterocycles. The summed E-state index contributed by atoms with van der Waals surface area (Å²) in [6.45, 7) is 6.17. The van der Waals surface area contributed by atoms with Crippen molar-refractivity contribution in [1.29, 1.82) is 0 Å². The average molecular weight is 1110 g/mol. The molecule has 20 heteroatoms. The van der Waals surface area contributed by atoms with E-state index in [1.54, 1.807) is 24.3 Å². The second kappa shape index (κ2) is 28.9. The SMILES string of the molecule is COC(=O)[C@H](CSC1CC(=O)N(CCOC(=O)c2ccc(C(C)CC(c3ccccc3)C(CC(C)c3ccc(C(=O)OCCN4C(=O)CC(SC[C@H](NC(C)=O)C(=O)OC)C4=O)cc3)c3ccccc3)cc2)C1=O)NC(C)=O. The summed E-state index contributed by atoms with van der Waals surface area (Å²) in [6, 6.07) is 33.3. The Morgan fingerprint density at radius 1 is 0.526 bits per heavy atom. The summed E-state index contributed by atoms with van der Waals surface area (Å²) < 4.78 is 20.5. The summed E-state index contributed by atoms with van der Waals surface area (Å²) in [5.74, 6) is -4.89. The number of hydrogen-bond donors (Lipinski definition) is 2. The highest BCUT2D eigenvalue weighted by Crippen LogP contribution is 2.45. The molecule has 78 heavy (non-hydrogen) atoms. The second-order valence-electron chi connectivity index (χ2n) is 19.2. The first-order valence-corrected chi connectivity index (χ1v) is 27.7. The summed E-state index contributed by atoms with van der Waals surface area (Å²) in [4.78, 5) is 128. The molecule has 0 bridgehead atoms. The van der Waals surface area contributed by atoms with Crippen LogP contribution in [-0.2, 0) is 57.3 Å². The van der Waals surface area contributed by atoms with Crippen LogP contribution in [0, 0.1) is 0 Å². The van der Waals surface area contributed by atoms with Crippen LogP contribution in [0.4, 0.5) is 0 Å². The molecule has 414 valence electrons. The maximum Gasteiger partial charge on any atom is 0.338 e. The number of amides is 6. The fourth-order valence-electron chi connectivity index (χ4n) is 9.59. The molecular formula is C58H66N4O14S2. The monoisotopic (exact) mass is 1110 g/mol. The molecule has 0 saturated carbocycles. The zero-order valence-electron chi connectivity index (χ0n) is 44.5. The van der Waals surface area contributed by atoms with Crippen molar-refractivity contribution >= 4 is 82.8 Å². The molecule has 4 aromatic rings. The summed E-state index contributed by atoms with van der Waals surface area (Å²) in [5.41, 5.74) is 5.03. The highest BCUT2D eigenvalue weighted by molar-refractivity contribution is 8.01. The Labute approximate surface area is 462 Å². The van der Waals surface area contributed by atoms with Crippen molar-refractivity contribution in [2.45, 2.75) is 99.6 Å². The number of hydrogen-bond acceptors (Lipinski definition) is 16. The molecule has 0 aromatic heterocycles. The minimum absolute atomic E-state index is 0.0336. The molecule has 2 fully saturated rings. The maximum atomic E-state index is 13.2. The molecule has 18 nitrogen and oxygen atoms in total. The number of nitrogens with zero attached hydrogens (tertiary/aromatic N) is 2. The second-order valence-corrected chi connectivity index (χ2v) is 21.7. The molecule has 6 unspecified atom stereocenters. The van der Waals surface area contributed by atoms with Gasteiger partial charge in [-0.2, -0.15) is 0 Å². The molecule has 0 radical (unpaired) electrons. The Hall–Kier alpha value is -7.32. The molecule has 6 rings (SSSR count). The van der Waals surface area contributed by atoms with E-state index in [-0.39, 0.29) is 74.3 Å². The van der Waals surface area contributed by atoms with Gasteiger partial charge in [0.2, 0.25) is 35.4 Å². The molecule has 0 aliphatic carbocycles. The van der Waals surface area contributed by atoms with E-state index in [9.17, 15) is 47.9 Å². The first-order chi connectivity index (χ1) is 37.4. The third kappa shape index (κ3) is 16.4. The van der Waals surface area contributed by atoms with E-state index >= 15 is 0 Å². The number of imide groups is 2. The van der Waals surface area contributed by atoms with Crippen LogP contribution in [0.3, 0.4) is 0 Å². The lowest BCUT2D eigenvalue weighted by molar-refractivity contribution is -0.144. The van der Waals surface area contributed by atoms with Crippen molar-refractivity contribution in [2.24, 2.45) is 0 Å². The highest BCUT2D eigenvalue weighted by Gasteiger charge is 2.41. The molecule has 4 aromatic carbocycles. The quantitative estimate of drug-likeness (QED) is 0.0377. The van der Waals surface area contributed by atoms with Gasteiger partial charge in [-0.05, 0) is 83.0 Å². The molecular weight excluding hydrogens is 1040 g/mol. The van der Waals surface area contributed by atoms with Crippen LogP contribution in [0.15, 0.2) is 109 Å². The number of nitrogens with one attached hydrogen (secondary N) is 2. The first-order valence-electron chi connectivity index (χ1n) is 25.6. The van der Waals surface area contributed by atoms with Crippen molar-refractivity contribution in [3.8, 4) is 0 Å². The van der Waals surface area contributed by atoms with E-state index < -0.39 is 81.9 Å². The summed E-state index contributed by atoms with van der Waals surface area (Å²) in [7, 11) is 2.38. The van der Waals surface area contributed by atoms with Gasteiger partial charge in [-0.1, -0.05) is 98.8 Å². The van der Waals surface area contributed by atoms with E-state index in [0.717, 1.165) is 57.3 Å². The zero-order chi connectivity index (χ0) is 56.5. The van der Waals surface area contributed by atoms with E-state index in [1.807, 2.05) is 60.7 Å². The topological polar surface area (TPSA) is 238 Å². The highest BCUT2D eigenvalue weighted by atomic mass is 32.2. The molecule has 6 amide bonds. The van der Waals surface area contributed by atoms with Gasteiger partial charge in [0.1, 0.15) is 25.3 Å². The van der Waals surface area contributed by atoms with Gasteiger partial charge in [0.25, 0.3) is 0 Å². The van der Waals surface area contributed by atoms with Crippen LogP contribution in [0.2, 0.25) is 0 Å². The van der Waals surface area contributed by atoms with Crippen molar-refractivity contribution < 1.29 is 66.9 Å². The number of esters is 4. The molecule has 8 atom stereocenters. The van der Waals surface area contributed by atoms with Crippen LogP contribution < -0.4 is 10.6 Å². The van der Waals surface area contributed by atoms with Crippen LogP contribution in [-0.4, -0.2) is 144 Å². The summed E-state index contributed by atoms with van der Waals surface area (Å²) in [6.07, 6.45) is 1.35. The zero-order valence-corrected chi connectivity index (χ0v) is 46.1. The number of methoxy groups -OCH3 is 2. The fraction of sp³-hybridized carbons (Fsp3) is 0.414. The lowest BCUT2D eigenvalue weighted by Crippen LogP contribution is -2.43. The van der Waals surface area contributed by atoms with Crippen molar-refractivity contribution in [3.05, 3.63) is 143 Å². The Morgan fingerprint density at radius 3 is 1.19 bits per heavy atom. The third-order valence-corrected chi connectivity index (χ3v) is 16.3. The number of thioether (sulfide) groups is 2. The standard InChI is InChI=1S/C58H66N4O14S2/c1-35(39-17-21-43(22-18-39)55(69)75-27-25-61-51(65)31-49(53(61)67)77-33-47(57(71)73-5)59-37(3)63)29-45(41-13-9-7-10-14-41)46(42-15-11-8-12-16-42)30-36(2)40-19-23-44(24-20-40)56(70)76-28-26-62-52(66)32-50(54(62)68)78-34-48(58(72)74-6)60-38(4)64/h7-24,35-36,45-50H,25-34H2,1-6H3,(H,59,63)(H,60,64)/t35?,36?,45?,46?,47-,48-,49?,50?/m0/s1. The smallest absolute Gasteiger partial charge is 0.338 e. The predicted molar refractivity (Wildman–Crippen MR) is 292 cm³/mol. The van der Waals surface area contributed by atoms with Gasteiger partial charge in [0, 0.05) is 38.2 Å². The Bertz CT molecular complexity index is 2590. The normalized spacial score (nSPS) is 17.6. The Balaban J connectivity index is 1.04. The fourth-order valence-corrected chi connectivity index (χ4v) is 11.9. The number of carbonyl (C=O) groups excluding carboxylic acids is 10. The minimum Gasteiger partial charge on any atom is -0.467 e. The van der Waals surface area contributed by atoms with Crippen molar-refractivity contribution in [2.75, 3.05) is 52.0 Å². The van der Waals surface area contributed by atoms with Crippen LogP contribution in [0.25, 0.3) is 0 Å². The van der Waals surface area contributed by atoms with Gasteiger partial charge in [0.05, 0.1) is 48.9 Å². The predicted octanol–water partition coefficient (Wildman–Crippen LogP) is 6.33. The van der Waals surface area contributed by atoms with E-state index in [0.29, 0.717) is 11.1 Å². The number of likely N-dealkylation sites (tertiary alicyclic amines) is 2. The first kappa shape index (κ1) is 59.9. The number of benzene rings is 4. The number of carbonyl (C=O) groups is 10. The third-order valence-electron chi connectivity index (χ3n) is 13.7. The Morgan fingerprint density at radius 2 is 0.872 bits per heavy atom. The van der Waals surface area contributed by atoms with Gasteiger partial charge >= 0.3 is 23.9 Å². The largest absolute Gasteiger partial charge is 0.467 e. The molecule has 2 aliphatic heterocycles. The van der Waals surface area contributed by atoms with E-state index in [2.05, 4.69) is 48.7 Å². The van der Waals surface area contributed by atoms with Gasteiger partial charge < -0.3 is 29.6 Å². The summed E-state index contributed by atoms with van der Waals surface area (Å²) >= 11 is 2.14. The van der Waals surface area contributed by atoms with Gasteiger partial charge in [-0.3, -0.25) is 38.6 Å². The van der Waals surface area contributed by atoms with E-state index in [4.69, 9.17) is 18.9 Å². The average Bonchev–Trinajstić information content (AvgIpc) is 3.88. The van der Waals surface area contributed by atoms with Crippen LogP contribution in [0.1, 0.15) is 120 Å². The molecule has 2 N–H and O–H groups in total. The number of ether oxygens (including phenoxy) is 4. The van der Waals surface area contributed by atoms with Gasteiger partial charge in [0.15, 0.2) is 0 Å². The lowest BCUT2D eigenvalue weighted by atomic mass is 9.71.